The van der Waals surface area contributed by atoms with E-state index in [9.17, 15) is 9.59 Å². The molecule has 4 heteroatoms. The molecule has 0 aromatic heterocycles. The van der Waals surface area contributed by atoms with Crippen LogP contribution in [-0.4, -0.2) is 23.4 Å². The first kappa shape index (κ1) is 14.7. The Balaban J connectivity index is 2.17. The minimum atomic E-state index is -0.824. The molecule has 108 valence electrons. The monoisotopic (exact) mass is 275 g/mol. The highest BCUT2D eigenvalue weighted by Crippen LogP contribution is 2.45. The molecule has 1 aromatic carbocycles. The molecule has 1 aliphatic rings. The molecular weight excluding hydrogens is 254 g/mol. The van der Waals surface area contributed by atoms with E-state index in [2.05, 4.69) is 5.32 Å². The first-order valence-electron chi connectivity index (χ1n) is 7.05. The van der Waals surface area contributed by atoms with Crippen LogP contribution in [0.25, 0.3) is 0 Å². The highest BCUT2D eigenvalue weighted by molar-refractivity contribution is 5.93. The number of carbonyl (C=O) groups excluding carboxylic acids is 1. The lowest BCUT2D eigenvalue weighted by Crippen LogP contribution is -2.47. The number of aliphatic carboxylic acids is 1. The van der Waals surface area contributed by atoms with Gasteiger partial charge in [0.2, 0.25) is 0 Å². The van der Waals surface area contributed by atoms with E-state index >= 15 is 0 Å². The third-order valence-corrected chi connectivity index (χ3v) is 4.07. The van der Waals surface area contributed by atoms with Gasteiger partial charge in [-0.15, -0.1) is 0 Å². The first-order chi connectivity index (χ1) is 9.49. The lowest BCUT2D eigenvalue weighted by atomic mass is 9.84. The van der Waals surface area contributed by atoms with Gasteiger partial charge in [0, 0.05) is 12.3 Å². The molecule has 0 heterocycles. The Kier molecular flexibility index (Phi) is 4.23. The Morgan fingerprint density at radius 3 is 2.55 bits per heavy atom. The van der Waals surface area contributed by atoms with Crippen LogP contribution in [0.5, 0.6) is 0 Å². The Labute approximate surface area is 119 Å². The van der Waals surface area contributed by atoms with Gasteiger partial charge in [-0.3, -0.25) is 9.59 Å². The van der Waals surface area contributed by atoms with Gasteiger partial charge in [0.25, 0.3) is 0 Å². The molecule has 0 spiro atoms. The first-order valence-corrected chi connectivity index (χ1v) is 7.05. The Morgan fingerprint density at radius 1 is 1.35 bits per heavy atom. The summed E-state index contributed by atoms with van der Waals surface area (Å²) in [6.07, 6.45) is 0.784. The summed E-state index contributed by atoms with van der Waals surface area (Å²) in [6, 6.07) is 9.63. The summed E-state index contributed by atoms with van der Waals surface area (Å²) in [5.41, 5.74) is 0.210. The highest BCUT2D eigenvalue weighted by atomic mass is 16.4. The summed E-state index contributed by atoms with van der Waals surface area (Å²) < 4.78 is 0. The van der Waals surface area contributed by atoms with E-state index in [0.29, 0.717) is 13.0 Å². The van der Waals surface area contributed by atoms with Gasteiger partial charge in [-0.25, -0.2) is 0 Å². The summed E-state index contributed by atoms with van der Waals surface area (Å²) in [5.74, 6) is -0.844. The molecule has 1 saturated carbocycles. The van der Waals surface area contributed by atoms with Crippen LogP contribution in [0.1, 0.15) is 32.3 Å². The molecule has 2 N–H and O–H groups in total. The average molecular weight is 275 g/mol. The van der Waals surface area contributed by atoms with Crippen LogP contribution in [-0.2, 0) is 15.1 Å². The number of Topliss-reactive ketones (excluding diaryl/α,β-unsaturated/α-hetero) is 1. The van der Waals surface area contributed by atoms with Crippen molar-refractivity contribution < 1.29 is 14.7 Å². The second-order valence-corrected chi connectivity index (χ2v) is 5.59. The number of nitrogens with one attached hydrogen (secondary N) is 1. The molecule has 0 aliphatic heterocycles. The number of carboxylic acid groups (broad SMARTS) is 1. The molecular formula is C16H21NO3. The molecule has 20 heavy (non-hydrogen) atoms. The van der Waals surface area contributed by atoms with E-state index in [1.807, 2.05) is 44.2 Å². The summed E-state index contributed by atoms with van der Waals surface area (Å²) in [6.45, 7) is 4.55. The molecule has 0 radical (unpaired) electrons. The minimum Gasteiger partial charge on any atom is -0.481 e. The van der Waals surface area contributed by atoms with E-state index in [1.165, 1.54) is 0 Å². The van der Waals surface area contributed by atoms with Crippen LogP contribution in [0.3, 0.4) is 0 Å². The molecule has 3 unspecified atom stereocenters. The second-order valence-electron chi connectivity index (χ2n) is 5.59. The van der Waals surface area contributed by atoms with Crippen LogP contribution >= 0.6 is 0 Å². The fraction of sp³-hybridized carbons (Fsp3) is 0.500. The van der Waals surface area contributed by atoms with Crippen LogP contribution in [0, 0.1) is 11.8 Å². The topological polar surface area (TPSA) is 66.4 Å². The molecule has 2 rings (SSSR count). The van der Waals surface area contributed by atoms with Gasteiger partial charge in [0.1, 0.15) is 5.54 Å². The van der Waals surface area contributed by atoms with E-state index in [1.54, 1.807) is 0 Å². The smallest absolute Gasteiger partial charge is 0.303 e. The van der Waals surface area contributed by atoms with Crippen LogP contribution < -0.4 is 5.32 Å². The predicted octanol–water partition coefficient (Wildman–Crippen LogP) is 2.19. The normalized spacial score (nSPS) is 23.9. The maximum Gasteiger partial charge on any atom is 0.303 e. The van der Waals surface area contributed by atoms with Crippen molar-refractivity contribution in [3.63, 3.8) is 0 Å². The average Bonchev–Trinajstić information content (AvgIpc) is 3.17. The molecule has 0 saturated heterocycles. The van der Waals surface area contributed by atoms with Crippen molar-refractivity contribution in [1.29, 1.82) is 0 Å². The number of benzene rings is 1. The van der Waals surface area contributed by atoms with Crippen molar-refractivity contribution in [2.75, 3.05) is 6.54 Å². The fourth-order valence-electron chi connectivity index (χ4n) is 2.85. The Hall–Kier alpha value is -1.68. The standard InChI is InChI=1S/C16H21NO3/c1-3-17-16(2,12-7-5-4-6-8-12)15(20)13-9-11(13)10-14(18)19/h4-8,11,13,17H,3,9-10H2,1-2H3,(H,18,19). The van der Waals surface area contributed by atoms with Crippen molar-refractivity contribution >= 4 is 11.8 Å². The van der Waals surface area contributed by atoms with E-state index in [4.69, 9.17) is 5.11 Å². The summed E-state index contributed by atoms with van der Waals surface area (Å²) in [4.78, 5) is 23.5. The second kappa shape index (κ2) is 5.75. The molecule has 3 atom stereocenters. The number of rotatable bonds is 7. The minimum absolute atomic E-state index is 0.00157. The molecule has 4 nitrogen and oxygen atoms in total. The maximum absolute atomic E-state index is 12.8. The summed E-state index contributed by atoms with van der Waals surface area (Å²) >= 11 is 0. The Morgan fingerprint density at radius 2 is 2.00 bits per heavy atom. The molecule has 0 amide bonds. The molecule has 1 aromatic rings. The van der Waals surface area contributed by atoms with Crippen LogP contribution in [0.15, 0.2) is 30.3 Å². The van der Waals surface area contributed by atoms with Crippen LogP contribution in [0.4, 0.5) is 0 Å². The number of carbonyl (C=O) groups is 2. The van der Waals surface area contributed by atoms with E-state index in [0.717, 1.165) is 5.56 Å². The number of hydrogen-bond donors (Lipinski definition) is 2. The molecule has 1 fully saturated rings. The summed E-state index contributed by atoms with van der Waals surface area (Å²) in [5, 5.41) is 12.1. The number of ketones is 1. The van der Waals surface area contributed by atoms with Gasteiger partial charge in [0.05, 0.1) is 0 Å². The maximum atomic E-state index is 12.8. The zero-order chi connectivity index (χ0) is 14.8. The third-order valence-electron chi connectivity index (χ3n) is 4.07. The van der Waals surface area contributed by atoms with Gasteiger partial charge in [-0.1, -0.05) is 37.3 Å². The zero-order valence-electron chi connectivity index (χ0n) is 11.9. The van der Waals surface area contributed by atoms with Crippen LogP contribution in [0.2, 0.25) is 0 Å². The summed E-state index contributed by atoms with van der Waals surface area (Å²) in [7, 11) is 0. The zero-order valence-corrected chi connectivity index (χ0v) is 11.9. The van der Waals surface area contributed by atoms with Gasteiger partial charge >= 0.3 is 5.97 Å². The number of carboxylic acids is 1. The quantitative estimate of drug-likeness (QED) is 0.800. The van der Waals surface area contributed by atoms with E-state index < -0.39 is 11.5 Å². The molecule has 1 aliphatic carbocycles. The largest absolute Gasteiger partial charge is 0.481 e. The number of likely N-dealkylation sites (N-methyl/N-ethyl adjacent to an activating group) is 1. The van der Waals surface area contributed by atoms with Crippen molar-refractivity contribution in [3.05, 3.63) is 35.9 Å². The number of hydrogen-bond acceptors (Lipinski definition) is 3. The lowest BCUT2D eigenvalue weighted by molar-refractivity contribution is -0.137. The van der Waals surface area contributed by atoms with Gasteiger partial charge in [-0.2, -0.15) is 0 Å². The third kappa shape index (κ3) is 2.90. The lowest BCUT2D eigenvalue weighted by Gasteiger charge is -2.30. The van der Waals surface area contributed by atoms with Crippen molar-refractivity contribution in [1.82, 2.24) is 5.32 Å². The van der Waals surface area contributed by atoms with Gasteiger partial charge < -0.3 is 10.4 Å². The molecule has 0 bridgehead atoms. The van der Waals surface area contributed by atoms with Gasteiger partial charge in [0.15, 0.2) is 5.78 Å². The van der Waals surface area contributed by atoms with Gasteiger partial charge in [-0.05, 0) is 31.4 Å². The van der Waals surface area contributed by atoms with Crippen molar-refractivity contribution in [3.8, 4) is 0 Å². The van der Waals surface area contributed by atoms with E-state index in [-0.39, 0.29) is 24.0 Å². The van der Waals surface area contributed by atoms with Crippen molar-refractivity contribution in [2.24, 2.45) is 11.8 Å². The predicted molar refractivity (Wildman–Crippen MR) is 76.3 cm³/mol. The fourth-order valence-corrected chi connectivity index (χ4v) is 2.85. The van der Waals surface area contributed by atoms with Crippen molar-refractivity contribution in [2.45, 2.75) is 32.2 Å². The highest BCUT2D eigenvalue weighted by Gasteiger charge is 2.50. The Bertz CT molecular complexity index is 500. The SMILES string of the molecule is CCNC(C)(C(=O)C1CC1CC(=O)O)c1ccccc1.